The van der Waals surface area contributed by atoms with Crippen molar-refractivity contribution < 1.29 is 19.4 Å². The fourth-order valence-corrected chi connectivity index (χ4v) is 1.55. The Morgan fingerprint density at radius 1 is 1.40 bits per heavy atom. The zero-order chi connectivity index (χ0) is 11.3. The van der Waals surface area contributed by atoms with Gasteiger partial charge in [0.25, 0.3) is 0 Å². The summed E-state index contributed by atoms with van der Waals surface area (Å²) in [4.78, 5) is 21.3. The maximum atomic E-state index is 11.2. The van der Waals surface area contributed by atoms with Gasteiger partial charge in [-0.05, 0) is 18.3 Å². The summed E-state index contributed by atoms with van der Waals surface area (Å²) in [6.45, 7) is 2.18. The number of carboxylic acid groups (broad SMARTS) is 1. The van der Waals surface area contributed by atoms with E-state index in [9.17, 15) is 9.59 Å². The number of aliphatic carboxylic acids is 1. The summed E-state index contributed by atoms with van der Waals surface area (Å²) in [6.07, 6.45) is 3.51. The van der Waals surface area contributed by atoms with E-state index in [1.54, 1.807) is 0 Å². The Hall–Kier alpha value is -1.10. The molecule has 5 nitrogen and oxygen atoms in total. The van der Waals surface area contributed by atoms with Gasteiger partial charge in [-0.15, -0.1) is 0 Å². The Kier molecular flexibility index (Phi) is 4.08. The number of carbonyl (C=O) groups is 2. The third-order valence-corrected chi connectivity index (χ3v) is 2.73. The average molecular weight is 215 g/mol. The number of nitrogens with one attached hydrogen (secondary N) is 1. The number of amides is 1. The van der Waals surface area contributed by atoms with Crippen molar-refractivity contribution in [2.75, 3.05) is 19.8 Å². The zero-order valence-corrected chi connectivity index (χ0v) is 8.91. The summed E-state index contributed by atoms with van der Waals surface area (Å²) in [5.41, 5.74) is 0.239. The molecule has 0 heterocycles. The Bertz CT molecular complexity index is 248. The molecule has 1 fully saturated rings. The number of carboxylic acids is 1. The molecular weight excluding hydrogens is 198 g/mol. The van der Waals surface area contributed by atoms with Gasteiger partial charge in [0, 0.05) is 6.54 Å². The molecule has 1 amide bonds. The summed E-state index contributed by atoms with van der Waals surface area (Å²) in [7, 11) is 0. The molecule has 5 heteroatoms. The maximum Gasteiger partial charge on any atom is 0.329 e. The second-order valence-electron chi connectivity index (χ2n) is 4.33. The van der Waals surface area contributed by atoms with Crippen molar-refractivity contribution in [3.8, 4) is 0 Å². The van der Waals surface area contributed by atoms with Crippen molar-refractivity contribution in [2.45, 2.75) is 26.2 Å². The van der Waals surface area contributed by atoms with Gasteiger partial charge < -0.3 is 15.2 Å². The van der Waals surface area contributed by atoms with Gasteiger partial charge in [-0.25, -0.2) is 4.79 Å². The molecule has 86 valence electrons. The highest BCUT2D eigenvalue weighted by atomic mass is 16.5. The molecule has 0 aliphatic heterocycles. The lowest BCUT2D eigenvalue weighted by molar-refractivity contribution is -0.143. The lowest BCUT2D eigenvalue weighted by Crippen LogP contribution is -2.41. The van der Waals surface area contributed by atoms with Gasteiger partial charge in [0.2, 0.25) is 5.91 Å². The predicted molar refractivity (Wildman–Crippen MR) is 53.4 cm³/mol. The van der Waals surface area contributed by atoms with E-state index in [2.05, 4.69) is 17.0 Å². The highest BCUT2D eigenvalue weighted by Crippen LogP contribution is 2.39. The second kappa shape index (κ2) is 5.11. The van der Waals surface area contributed by atoms with E-state index in [1.165, 1.54) is 6.42 Å². The van der Waals surface area contributed by atoms with Crippen LogP contribution in [0.1, 0.15) is 26.2 Å². The van der Waals surface area contributed by atoms with Crippen LogP contribution in [0.4, 0.5) is 0 Å². The van der Waals surface area contributed by atoms with Crippen molar-refractivity contribution >= 4 is 11.9 Å². The van der Waals surface area contributed by atoms with Gasteiger partial charge >= 0.3 is 5.97 Å². The number of hydrogen-bond acceptors (Lipinski definition) is 3. The monoisotopic (exact) mass is 215 g/mol. The van der Waals surface area contributed by atoms with E-state index in [0.717, 1.165) is 12.8 Å². The molecule has 1 aliphatic rings. The predicted octanol–water partition coefficient (Wildman–Crippen LogP) is 0.394. The fourth-order valence-electron chi connectivity index (χ4n) is 1.55. The van der Waals surface area contributed by atoms with Crippen molar-refractivity contribution in [1.29, 1.82) is 0 Å². The van der Waals surface area contributed by atoms with Gasteiger partial charge in [0.05, 0.1) is 0 Å². The first kappa shape index (κ1) is 12.0. The normalized spacial score (nSPS) is 17.9. The number of carbonyl (C=O) groups excluding carboxylic acids is 1. The first-order valence-electron chi connectivity index (χ1n) is 5.08. The van der Waals surface area contributed by atoms with Crippen molar-refractivity contribution in [3.05, 3.63) is 0 Å². The fraction of sp³-hybridized carbons (Fsp3) is 0.800. The molecule has 0 saturated heterocycles. The van der Waals surface area contributed by atoms with Crippen LogP contribution in [-0.4, -0.2) is 36.7 Å². The van der Waals surface area contributed by atoms with Crippen molar-refractivity contribution in [2.24, 2.45) is 5.41 Å². The summed E-state index contributed by atoms with van der Waals surface area (Å²) in [5.74, 6) is -1.31. The third-order valence-electron chi connectivity index (χ3n) is 2.73. The first-order chi connectivity index (χ1) is 7.02. The van der Waals surface area contributed by atoms with Crippen LogP contribution in [0, 0.1) is 5.41 Å². The third kappa shape index (κ3) is 4.29. The minimum Gasteiger partial charge on any atom is -0.480 e. The second-order valence-corrected chi connectivity index (χ2v) is 4.33. The Morgan fingerprint density at radius 3 is 2.53 bits per heavy atom. The van der Waals surface area contributed by atoms with Crippen LogP contribution in [0.3, 0.4) is 0 Å². The topological polar surface area (TPSA) is 75.6 Å². The molecule has 0 spiro atoms. The van der Waals surface area contributed by atoms with Gasteiger partial charge in [-0.1, -0.05) is 13.3 Å². The van der Waals surface area contributed by atoms with Crippen LogP contribution in [0.5, 0.6) is 0 Å². The maximum absolute atomic E-state index is 11.2. The van der Waals surface area contributed by atoms with Gasteiger partial charge in [0.1, 0.15) is 13.2 Å². The molecule has 1 rings (SSSR count). The van der Waals surface area contributed by atoms with Crippen LogP contribution in [0.15, 0.2) is 0 Å². The molecule has 15 heavy (non-hydrogen) atoms. The molecule has 0 atom stereocenters. The van der Waals surface area contributed by atoms with Crippen LogP contribution < -0.4 is 5.32 Å². The molecule has 2 N–H and O–H groups in total. The van der Waals surface area contributed by atoms with E-state index < -0.39 is 12.6 Å². The molecule has 0 radical (unpaired) electrons. The first-order valence-corrected chi connectivity index (χ1v) is 5.08. The van der Waals surface area contributed by atoms with Crippen LogP contribution in [0.25, 0.3) is 0 Å². The summed E-state index contributed by atoms with van der Waals surface area (Å²) < 4.78 is 4.66. The van der Waals surface area contributed by atoms with Gasteiger partial charge in [0.15, 0.2) is 0 Å². The number of ether oxygens (including phenoxy) is 1. The standard InChI is InChI=1S/C10H17NO4/c1-10(3-2-4-10)7-11-8(12)5-15-6-9(13)14/h2-7H2,1H3,(H,11,12)(H,13,14). The number of rotatable bonds is 6. The lowest BCUT2D eigenvalue weighted by Gasteiger charge is -2.38. The van der Waals surface area contributed by atoms with E-state index in [-0.39, 0.29) is 17.9 Å². The minimum absolute atomic E-state index is 0.178. The van der Waals surface area contributed by atoms with Gasteiger partial charge in [-0.3, -0.25) is 4.79 Å². The largest absolute Gasteiger partial charge is 0.480 e. The number of hydrogen-bond donors (Lipinski definition) is 2. The zero-order valence-electron chi connectivity index (χ0n) is 8.91. The highest BCUT2D eigenvalue weighted by molar-refractivity contribution is 5.77. The molecule has 0 aromatic heterocycles. The minimum atomic E-state index is -1.06. The summed E-state index contributed by atoms with van der Waals surface area (Å²) in [5, 5.41) is 11.0. The molecule has 1 aliphatic carbocycles. The smallest absolute Gasteiger partial charge is 0.329 e. The Labute approximate surface area is 88.8 Å². The van der Waals surface area contributed by atoms with Crippen LogP contribution >= 0.6 is 0 Å². The SMILES string of the molecule is CC1(CNC(=O)COCC(=O)O)CCC1. The Morgan fingerprint density at radius 2 is 2.07 bits per heavy atom. The highest BCUT2D eigenvalue weighted by Gasteiger charge is 2.31. The van der Waals surface area contributed by atoms with E-state index >= 15 is 0 Å². The Balaban J connectivity index is 2.05. The molecule has 0 aromatic carbocycles. The summed E-state index contributed by atoms with van der Waals surface area (Å²) >= 11 is 0. The molecule has 0 aromatic rings. The average Bonchev–Trinajstić information content (AvgIpc) is 2.11. The van der Waals surface area contributed by atoms with E-state index in [0.29, 0.717) is 6.54 Å². The van der Waals surface area contributed by atoms with Crippen LogP contribution in [0.2, 0.25) is 0 Å². The summed E-state index contributed by atoms with van der Waals surface area (Å²) in [6, 6.07) is 0. The van der Waals surface area contributed by atoms with Crippen LogP contribution in [-0.2, 0) is 14.3 Å². The quantitative estimate of drug-likeness (QED) is 0.672. The van der Waals surface area contributed by atoms with E-state index in [4.69, 9.17) is 5.11 Å². The lowest BCUT2D eigenvalue weighted by atomic mass is 9.70. The van der Waals surface area contributed by atoms with E-state index in [1.807, 2.05) is 0 Å². The van der Waals surface area contributed by atoms with Crippen molar-refractivity contribution in [3.63, 3.8) is 0 Å². The molecule has 0 unspecified atom stereocenters. The molecule has 1 saturated carbocycles. The van der Waals surface area contributed by atoms with Gasteiger partial charge in [-0.2, -0.15) is 0 Å². The molecular formula is C10H17NO4. The van der Waals surface area contributed by atoms with Crippen molar-refractivity contribution in [1.82, 2.24) is 5.32 Å². The molecule has 0 bridgehead atoms.